The number of nitrogens with zero attached hydrogens (tertiary/aromatic N) is 2. The molecule has 198 valence electrons. The van der Waals surface area contributed by atoms with Crippen molar-refractivity contribution in [2.45, 2.75) is 13.1 Å². The highest BCUT2D eigenvalue weighted by Gasteiger charge is 2.33. The van der Waals surface area contributed by atoms with Gasteiger partial charge in [0.25, 0.3) is 5.91 Å². The summed E-state index contributed by atoms with van der Waals surface area (Å²) in [6, 6.07) is 18.8. The summed E-state index contributed by atoms with van der Waals surface area (Å²) in [6.07, 6.45) is 1.87. The van der Waals surface area contributed by atoms with Crippen molar-refractivity contribution in [1.29, 1.82) is 0 Å². The summed E-state index contributed by atoms with van der Waals surface area (Å²) >= 11 is 1.35. The number of benzene rings is 3. The first-order valence-electron chi connectivity index (χ1n) is 11.8. The second kappa shape index (κ2) is 12.4. The van der Waals surface area contributed by atoms with Gasteiger partial charge in [-0.05, 0) is 70.9 Å². The molecule has 1 fully saturated rings. The van der Waals surface area contributed by atoms with Crippen molar-refractivity contribution >= 4 is 28.9 Å². The molecule has 3 aromatic carbocycles. The number of carbonyl (C=O) groups is 1. The summed E-state index contributed by atoms with van der Waals surface area (Å²) in [5.74, 6) is 3.14. The van der Waals surface area contributed by atoms with Crippen LogP contribution in [0.3, 0.4) is 0 Å². The quantitative estimate of drug-likeness (QED) is 0.322. The number of methoxy groups -OCH3 is 5. The van der Waals surface area contributed by atoms with Gasteiger partial charge in [0.2, 0.25) is 0 Å². The van der Waals surface area contributed by atoms with E-state index in [0.717, 1.165) is 22.4 Å². The average Bonchev–Trinajstić information content (AvgIpc) is 3.25. The molecular formula is C29H30N2O6S. The molecular weight excluding hydrogens is 504 g/mol. The maximum atomic E-state index is 13.6. The first kappa shape index (κ1) is 26.9. The predicted octanol–water partition coefficient (Wildman–Crippen LogP) is 5.40. The molecule has 3 aromatic rings. The van der Waals surface area contributed by atoms with Gasteiger partial charge < -0.3 is 23.7 Å². The molecule has 0 saturated carbocycles. The minimum atomic E-state index is -0.119. The Hall–Kier alpha value is -4.11. The molecule has 9 heteroatoms. The third kappa shape index (κ3) is 6.06. The predicted molar refractivity (Wildman–Crippen MR) is 149 cm³/mol. The number of amidine groups is 1. The van der Waals surface area contributed by atoms with E-state index in [2.05, 4.69) is 0 Å². The highest BCUT2D eigenvalue weighted by Crippen LogP contribution is 2.36. The van der Waals surface area contributed by atoms with E-state index in [1.165, 1.54) is 11.8 Å². The third-order valence-electron chi connectivity index (χ3n) is 5.94. The zero-order valence-corrected chi connectivity index (χ0v) is 22.8. The van der Waals surface area contributed by atoms with Crippen LogP contribution in [-0.4, -0.2) is 51.5 Å². The second-order valence-electron chi connectivity index (χ2n) is 8.25. The van der Waals surface area contributed by atoms with Crippen LogP contribution in [0, 0.1) is 0 Å². The van der Waals surface area contributed by atoms with Crippen molar-refractivity contribution < 1.29 is 28.5 Å². The summed E-state index contributed by atoms with van der Waals surface area (Å²) in [7, 11) is 8.00. The van der Waals surface area contributed by atoms with Gasteiger partial charge in [-0.2, -0.15) is 0 Å². The molecule has 0 radical (unpaired) electrons. The Balaban J connectivity index is 1.65. The molecule has 1 amide bonds. The molecule has 1 aliphatic heterocycles. The fraction of sp³-hybridized carbons (Fsp3) is 0.241. The van der Waals surface area contributed by atoms with E-state index >= 15 is 0 Å². The lowest BCUT2D eigenvalue weighted by Crippen LogP contribution is -2.28. The third-order valence-corrected chi connectivity index (χ3v) is 6.98. The number of hydrogen-bond acceptors (Lipinski definition) is 8. The molecule has 0 aromatic heterocycles. The number of ether oxygens (including phenoxy) is 5. The first-order valence-corrected chi connectivity index (χ1v) is 12.6. The Morgan fingerprint density at radius 1 is 0.737 bits per heavy atom. The van der Waals surface area contributed by atoms with Crippen LogP contribution in [0.1, 0.15) is 16.7 Å². The molecule has 1 saturated heterocycles. The van der Waals surface area contributed by atoms with Crippen LogP contribution in [0.5, 0.6) is 28.7 Å². The van der Waals surface area contributed by atoms with Crippen molar-refractivity contribution in [3.63, 3.8) is 0 Å². The normalized spacial score (nSPS) is 15.2. The molecule has 0 atom stereocenters. The van der Waals surface area contributed by atoms with Gasteiger partial charge in [0.15, 0.2) is 28.2 Å². The van der Waals surface area contributed by atoms with E-state index < -0.39 is 0 Å². The van der Waals surface area contributed by atoms with Crippen LogP contribution in [0.4, 0.5) is 0 Å². The van der Waals surface area contributed by atoms with Crippen LogP contribution in [0.25, 0.3) is 6.08 Å². The Morgan fingerprint density at radius 3 is 1.89 bits per heavy atom. The molecule has 1 aliphatic rings. The van der Waals surface area contributed by atoms with Crippen LogP contribution in [0.15, 0.2) is 70.6 Å². The number of amides is 1. The van der Waals surface area contributed by atoms with Crippen LogP contribution in [-0.2, 0) is 17.9 Å². The summed E-state index contributed by atoms with van der Waals surface area (Å²) < 4.78 is 26.8. The Kier molecular flexibility index (Phi) is 8.81. The number of carbonyl (C=O) groups excluding carboxylic acids is 1. The van der Waals surface area contributed by atoms with Gasteiger partial charge in [0.1, 0.15) is 5.75 Å². The topological polar surface area (TPSA) is 78.8 Å². The summed E-state index contributed by atoms with van der Waals surface area (Å²) in [6.45, 7) is 0.700. The number of rotatable bonds is 10. The lowest BCUT2D eigenvalue weighted by atomic mass is 10.1. The largest absolute Gasteiger partial charge is 0.497 e. The van der Waals surface area contributed by atoms with E-state index in [1.807, 2.05) is 66.7 Å². The molecule has 38 heavy (non-hydrogen) atoms. The summed E-state index contributed by atoms with van der Waals surface area (Å²) in [5.41, 5.74) is 2.72. The average molecular weight is 535 g/mol. The van der Waals surface area contributed by atoms with E-state index in [1.54, 1.807) is 40.4 Å². The fourth-order valence-corrected chi connectivity index (χ4v) is 4.89. The molecule has 0 aliphatic carbocycles. The van der Waals surface area contributed by atoms with Gasteiger partial charge in [-0.15, -0.1) is 0 Å². The molecule has 1 heterocycles. The first-order chi connectivity index (χ1) is 18.5. The highest BCUT2D eigenvalue weighted by atomic mass is 32.2. The van der Waals surface area contributed by atoms with Gasteiger partial charge in [-0.1, -0.05) is 24.3 Å². The minimum Gasteiger partial charge on any atom is -0.497 e. The summed E-state index contributed by atoms with van der Waals surface area (Å²) in [5, 5.41) is 0.610. The van der Waals surface area contributed by atoms with Crippen LogP contribution < -0.4 is 23.7 Å². The van der Waals surface area contributed by atoms with Crippen LogP contribution in [0.2, 0.25) is 0 Å². The fourth-order valence-electron chi connectivity index (χ4n) is 3.92. The Labute approximate surface area is 226 Å². The zero-order chi connectivity index (χ0) is 27.1. The standard InChI is InChI=1S/C29H30N2O6S/c1-33-22-10-6-19(7-11-22)16-27-28(32)31(18-21-9-13-24(35-3)26(15-21)37-5)29(38-27)30-17-20-8-12-23(34-2)25(14-20)36-4/h6-16H,17-18H2,1-5H3/b27-16-,30-29?. The SMILES string of the molecule is COc1ccc(/C=C2\SC(=NCc3ccc(OC)c(OC)c3)N(Cc3ccc(OC)c(OC)c3)C2=O)cc1. The van der Waals surface area contributed by atoms with E-state index in [4.69, 9.17) is 28.7 Å². The lowest BCUT2D eigenvalue weighted by Gasteiger charge is -2.17. The maximum absolute atomic E-state index is 13.6. The van der Waals surface area contributed by atoms with Gasteiger partial charge in [0.05, 0.1) is 53.5 Å². The summed E-state index contributed by atoms with van der Waals surface area (Å²) in [4.78, 5) is 20.6. The van der Waals surface area contributed by atoms with E-state index in [-0.39, 0.29) is 5.91 Å². The van der Waals surface area contributed by atoms with Gasteiger partial charge in [-0.3, -0.25) is 14.7 Å². The van der Waals surface area contributed by atoms with Crippen molar-refractivity contribution in [3.05, 3.63) is 82.3 Å². The molecule has 4 rings (SSSR count). The van der Waals surface area contributed by atoms with E-state index in [9.17, 15) is 4.79 Å². The molecule has 0 spiro atoms. The highest BCUT2D eigenvalue weighted by molar-refractivity contribution is 8.18. The lowest BCUT2D eigenvalue weighted by molar-refractivity contribution is -0.122. The van der Waals surface area contributed by atoms with Gasteiger partial charge in [0, 0.05) is 0 Å². The monoisotopic (exact) mass is 534 g/mol. The number of hydrogen-bond donors (Lipinski definition) is 0. The van der Waals surface area contributed by atoms with Crippen molar-refractivity contribution in [1.82, 2.24) is 4.90 Å². The smallest absolute Gasteiger partial charge is 0.267 e. The van der Waals surface area contributed by atoms with Gasteiger partial charge >= 0.3 is 0 Å². The second-order valence-corrected chi connectivity index (χ2v) is 9.26. The Morgan fingerprint density at radius 2 is 1.32 bits per heavy atom. The molecule has 0 N–H and O–H groups in total. The van der Waals surface area contributed by atoms with Crippen molar-refractivity contribution in [3.8, 4) is 28.7 Å². The van der Waals surface area contributed by atoms with Crippen molar-refractivity contribution in [2.75, 3.05) is 35.5 Å². The van der Waals surface area contributed by atoms with Crippen LogP contribution >= 0.6 is 11.8 Å². The molecule has 0 bridgehead atoms. The molecule has 0 unspecified atom stereocenters. The number of thioether (sulfide) groups is 1. The van der Waals surface area contributed by atoms with Crippen molar-refractivity contribution in [2.24, 2.45) is 4.99 Å². The van der Waals surface area contributed by atoms with Gasteiger partial charge in [-0.25, -0.2) is 0 Å². The maximum Gasteiger partial charge on any atom is 0.267 e. The zero-order valence-electron chi connectivity index (χ0n) is 22.0. The van der Waals surface area contributed by atoms with E-state index in [0.29, 0.717) is 46.2 Å². The molecule has 8 nitrogen and oxygen atoms in total. The number of aliphatic imine (C=N–C) groups is 1. The minimum absolute atomic E-state index is 0.119. The Bertz CT molecular complexity index is 1350.